The van der Waals surface area contributed by atoms with E-state index in [1.165, 1.54) is 12.8 Å². The highest BCUT2D eigenvalue weighted by atomic mass is 19.1. The van der Waals surface area contributed by atoms with Gasteiger partial charge in [0, 0.05) is 18.6 Å². The van der Waals surface area contributed by atoms with Gasteiger partial charge in [-0.1, -0.05) is 18.2 Å². The van der Waals surface area contributed by atoms with Gasteiger partial charge in [0.2, 0.25) is 0 Å². The Kier molecular flexibility index (Phi) is 4.72. The number of benzene rings is 1. The Morgan fingerprint density at radius 3 is 2.89 bits per heavy atom. The molecule has 1 heterocycles. The summed E-state index contributed by atoms with van der Waals surface area (Å²) < 4.78 is 13.6. The zero-order valence-corrected chi connectivity index (χ0v) is 11.3. The molecule has 0 radical (unpaired) electrons. The van der Waals surface area contributed by atoms with Crippen LogP contribution in [0.25, 0.3) is 0 Å². The highest BCUT2D eigenvalue weighted by Crippen LogP contribution is 2.16. The van der Waals surface area contributed by atoms with Crippen molar-refractivity contribution in [2.24, 2.45) is 0 Å². The lowest BCUT2D eigenvalue weighted by molar-refractivity contribution is 0.154. The van der Waals surface area contributed by atoms with E-state index in [0.29, 0.717) is 12.1 Å². The standard InChI is InChI=1S/C15H23FN2/c1-12(10-13-6-3-4-8-15(13)16)18(2)14-7-5-9-17-11-14/h3-4,6,8,12,14,17H,5,7,9-11H2,1-2H3. The predicted octanol–water partition coefficient (Wildman–Crippen LogP) is 2.44. The topological polar surface area (TPSA) is 15.3 Å². The first-order valence-electron chi connectivity index (χ1n) is 6.84. The van der Waals surface area contributed by atoms with Crippen LogP contribution in [0.15, 0.2) is 24.3 Å². The lowest BCUT2D eigenvalue weighted by atomic mass is 10.0. The van der Waals surface area contributed by atoms with Gasteiger partial charge in [0.1, 0.15) is 5.82 Å². The zero-order chi connectivity index (χ0) is 13.0. The monoisotopic (exact) mass is 250 g/mol. The minimum absolute atomic E-state index is 0.0838. The average molecular weight is 250 g/mol. The lowest BCUT2D eigenvalue weighted by Gasteiger charge is -2.36. The second kappa shape index (κ2) is 6.30. The summed E-state index contributed by atoms with van der Waals surface area (Å²) in [5, 5.41) is 3.43. The van der Waals surface area contributed by atoms with Crippen molar-refractivity contribution in [3.05, 3.63) is 35.6 Å². The summed E-state index contributed by atoms with van der Waals surface area (Å²) in [5.41, 5.74) is 0.820. The number of hydrogen-bond acceptors (Lipinski definition) is 2. The zero-order valence-electron chi connectivity index (χ0n) is 11.3. The fourth-order valence-corrected chi connectivity index (χ4v) is 2.67. The van der Waals surface area contributed by atoms with Crippen LogP contribution in [0.5, 0.6) is 0 Å². The number of halogens is 1. The third kappa shape index (κ3) is 3.30. The van der Waals surface area contributed by atoms with Crippen LogP contribution in [0.4, 0.5) is 4.39 Å². The van der Waals surface area contributed by atoms with Crippen LogP contribution in [0.1, 0.15) is 25.3 Å². The molecule has 1 saturated heterocycles. The van der Waals surface area contributed by atoms with Crippen molar-refractivity contribution in [2.75, 3.05) is 20.1 Å². The van der Waals surface area contributed by atoms with Gasteiger partial charge in [-0.25, -0.2) is 4.39 Å². The lowest BCUT2D eigenvalue weighted by Crippen LogP contribution is -2.48. The van der Waals surface area contributed by atoms with Gasteiger partial charge in [-0.05, 0) is 51.4 Å². The van der Waals surface area contributed by atoms with Gasteiger partial charge in [0.05, 0.1) is 0 Å². The summed E-state index contributed by atoms with van der Waals surface area (Å²) in [6, 6.07) is 8.04. The van der Waals surface area contributed by atoms with Gasteiger partial charge in [-0.2, -0.15) is 0 Å². The number of nitrogens with one attached hydrogen (secondary N) is 1. The van der Waals surface area contributed by atoms with E-state index in [9.17, 15) is 4.39 Å². The van der Waals surface area contributed by atoms with Crippen molar-refractivity contribution in [3.8, 4) is 0 Å². The molecule has 100 valence electrons. The highest BCUT2D eigenvalue weighted by molar-refractivity contribution is 5.18. The molecule has 1 aromatic carbocycles. The van der Waals surface area contributed by atoms with Crippen LogP contribution in [0, 0.1) is 5.82 Å². The number of piperidine rings is 1. The Balaban J connectivity index is 1.94. The summed E-state index contributed by atoms with van der Waals surface area (Å²) >= 11 is 0. The van der Waals surface area contributed by atoms with Gasteiger partial charge in [0.25, 0.3) is 0 Å². The van der Waals surface area contributed by atoms with Gasteiger partial charge in [0.15, 0.2) is 0 Å². The van der Waals surface area contributed by atoms with Gasteiger partial charge in [-0.3, -0.25) is 4.90 Å². The molecule has 2 nitrogen and oxygen atoms in total. The van der Waals surface area contributed by atoms with E-state index in [4.69, 9.17) is 0 Å². The summed E-state index contributed by atoms with van der Waals surface area (Å²) in [4.78, 5) is 2.39. The highest BCUT2D eigenvalue weighted by Gasteiger charge is 2.22. The van der Waals surface area contributed by atoms with E-state index in [1.54, 1.807) is 12.1 Å². The quantitative estimate of drug-likeness (QED) is 0.883. The van der Waals surface area contributed by atoms with Crippen LogP contribution >= 0.6 is 0 Å². The van der Waals surface area contributed by atoms with Gasteiger partial charge >= 0.3 is 0 Å². The van der Waals surface area contributed by atoms with Crippen LogP contribution in [-0.2, 0) is 6.42 Å². The Hall–Kier alpha value is -0.930. The second-order valence-corrected chi connectivity index (χ2v) is 5.31. The molecule has 3 heteroatoms. The fraction of sp³-hybridized carbons (Fsp3) is 0.600. The molecule has 0 amide bonds. The van der Waals surface area contributed by atoms with E-state index >= 15 is 0 Å². The normalized spacial score (nSPS) is 22.1. The summed E-state index contributed by atoms with van der Waals surface area (Å²) in [6.45, 7) is 4.37. The molecule has 1 N–H and O–H groups in total. The summed E-state index contributed by atoms with van der Waals surface area (Å²) in [6.07, 6.45) is 3.26. The predicted molar refractivity (Wildman–Crippen MR) is 73.2 cm³/mol. The number of nitrogens with zero attached hydrogens (tertiary/aromatic N) is 1. The molecule has 0 spiro atoms. The third-order valence-corrected chi connectivity index (χ3v) is 4.02. The first-order chi connectivity index (χ1) is 8.68. The molecular formula is C15H23FN2. The first kappa shape index (κ1) is 13.5. The van der Waals surface area contributed by atoms with Crippen LogP contribution in [-0.4, -0.2) is 37.1 Å². The molecule has 0 saturated carbocycles. The largest absolute Gasteiger partial charge is 0.315 e. The number of rotatable bonds is 4. The van der Waals surface area contributed by atoms with Crippen LogP contribution < -0.4 is 5.32 Å². The maximum atomic E-state index is 13.6. The molecule has 1 aromatic rings. The molecule has 2 atom stereocenters. The molecule has 1 aliphatic heterocycles. The molecule has 2 unspecified atom stereocenters. The number of likely N-dealkylation sites (N-methyl/N-ethyl adjacent to an activating group) is 1. The Morgan fingerprint density at radius 2 is 2.22 bits per heavy atom. The minimum Gasteiger partial charge on any atom is -0.315 e. The average Bonchev–Trinajstić information content (AvgIpc) is 2.41. The van der Waals surface area contributed by atoms with E-state index in [-0.39, 0.29) is 5.82 Å². The summed E-state index contributed by atoms with van der Waals surface area (Å²) in [7, 11) is 2.16. The van der Waals surface area contributed by atoms with Crippen LogP contribution in [0.2, 0.25) is 0 Å². The van der Waals surface area contributed by atoms with Crippen molar-refractivity contribution in [3.63, 3.8) is 0 Å². The van der Waals surface area contributed by atoms with E-state index in [1.807, 2.05) is 12.1 Å². The molecule has 0 bridgehead atoms. The Morgan fingerprint density at radius 1 is 1.44 bits per heavy atom. The molecule has 18 heavy (non-hydrogen) atoms. The van der Waals surface area contributed by atoms with Crippen molar-refractivity contribution in [2.45, 2.75) is 38.3 Å². The van der Waals surface area contributed by atoms with Crippen LogP contribution in [0.3, 0.4) is 0 Å². The summed E-state index contributed by atoms with van der Waals surface area (Å²) in [5.74, 6) is -0.0838. The molecule has 1 fully saturated rings. The van der Waals surface area contributed by atoms with Crippen molar-refractivity contribution >= 4 is 0 Å². The van der Waals surface area contributed by atoms with E-state index in [2.05, 4.69) is 24.2 Å². The molecule has 1 aliphatic rings. The van der Waals surface area contributed by atoms with Crippen molar-refractivity contribution in [1.82, 2.24) is 10.2 Å². The molecule has 0 aliphatic carbocycles. The van der Waals surface area contributed by atoms with E-state index < -0.39 is 0 Å². The molecular weight excluding hydrogens is 227 g/mol. The molecule has 2 rings (SSSR count). The van der Waals surface area contributed by atoms with Crippen molar-refractivity contribution in [1.29, 1.82) is 0 Å². The fourth-order valence-electron chi connectivity index (χ4n) is 2.67. The maximum absolute atomic E-state index is 13.6. The Labute approximate surface area is 109 Å². The van der Waals surface area contributed by atoms with E-state index in [0.717, 1.165) is 25.1 Å². The maximum Gasteiger partial charge on any atom is 0.126 e. The first-order valence-corrected chi connectivity index (χ1v) is 6.84. The SMILES string of the molecule is CC(Cc1ccccc1F)N(C)C1CCCNC1. The van der Waals surface area contributed by atoms with Gasteiger partial charge in [-0.15, -0.1) is 0 Å². The Bertz CT molecular complexity index is 375. The van der Waals surface area contributed by atoms with Crippen molar-refractivity contribution < 1.29 is 4.39 Å². The number of hydrogen-bond donors (Lipinski definition) is 1. The second-order valence-electron chi connectivity index (χ2n) is 5.31. The third-order valence-electron chi connectivity index (χ3n) is 4.02. The molecule has 0 aromatic heterocycles. The van der Waals surface area contributed by atoms with Gasteiger partial charge < -0.3 is 5.32 Å². The smallest absolute Gasteiger partial charge is 0.126 e. The minimum atomic E-state index is -0.0838.